The number of benzene rings is 1. The zero-order chi connectivity index (χ0) is 76.1. The summed E-state index contributed by atoms with van der Waals surface area (Å²) in [5, 5.41) is 8.54. The van der Waals surface area contributed by atoms with Gasteiger partial charge in [-0.15, -0.1) is 0 Å². The van der Waals surface area contributed by atoms with E-state index in [1.165, 1.54) is 68.9 Å². The fraction of sp³-hybridized carbons (Fsp3) is 0.753. The minimum absolute atomic E-state index is 0.0381. The number of nitrogens with one attached hydrogen (secondary N) is 3. The van der Waals surface area contributed by atoms with E-state index < -0.39 is 199 Å². The normalized spacial score (nSPS) is 27.0. The molecule has 3 N–H and O–H groups in total. The number of hydrogen-bond donors (Lipinski definition) is 3. The number of nitrogens with zero attached hydrogens (tertiary/aromatic N) is 9. The smallest absolute Gasteiger partial charge is 0.377 e. The van der Waals surface area contributed by atoms with E-state index in [1.807, 2.05) is 20.8 Å². The Morgan fingerprint density at radius 3 is 1.81 bits per heavy atom. The summed E-state index contributed by atoms with van der Waals surface area (Å²) in [7, 11) is 9.71. The molecule has 6 aliphatic rings. The number of halogens is 5. The van der Waals surface area contributed by atoms with Gasteiger partial charge < -0.3 is 64.8 Å². The Bertz CT molecular complexity index is 3200. The number of aryl methyl sites for hydroxylation is 1. The van der Waals surface area contributed by atoms with Gasteiger partial charge in [-0.25, -0.2) is 8.78 Å². The summed E-state index contributed by atoms with van der Waals surface area (Å²) >= 11 is 0. The molecule has 6 fully saturated rings. The van der Waals surface area contributed by atoms with Gasteiger partial charge >= 0.3 is 6.18 Å². The van der Waals surface area contributed by atoms with Crippen LogP contribution in [0.25, 0.3) is 0 Å². The van der Waals surface area contributed by atoms with Crippen molar-refractivity contribution in [2.75, 3.05) is 95.2 Å². The minimum Gasteiger partial charge on any atom is -0.377 e. The third kappa shape index (κ3) is 20.5. The monoisotopic (exact) mass is 1460 g/mol. The summed E-state index contributed by atoms with van der Waals surface area (Å²) in [6.45, 7) is 7.62. The summed E-state index contributed by atoms with van der Waals surface area (Å²) in [6.07, 6.45) is 1.65. The zero-order valence-electron chi connectivity index (χ0n) is 62.3. The van der Waals surface area contributed by atoms with E-state index >= 15 is 32.8 Å². The van der Waals surface area contributed by atoms with Gasteiger partial charge in [-0.2, -0.15) is 13.2 Å². The third-order valence-corrected chi connectivity index (χ3v) is 22.3. The molecular weight excluding hydrogens is 1350 g/mol. The third-order valence-electron chi connectivity index (χ3n) is 22.3. The quantitative estimate of drug-likeness (QED) is 0.212. The molecule has 3 saturated heterocycles. The Balaban J connectivity index is 1.31. The number of likely N-dealkylation sites (N-methyl/N-ethyl adjacent to an activating group) is 7. The number of amides is 12. The van der Waals surface area contributed by atoms with E-state index in [0.717, 1.165) is 51.7 Å². The van der Waals surface area contributed by atoms with Crippen LogP contribution in [0.15, 0.2) is 12.1 Å². The van der Waals surface area contributed by atoms with Crippen LogP contribution in [0.1, 0.15) is 181 Å². The van der Waals surface area contributed by atoms with E-state index in [2.05, 4.69) is 16.0 Å². The molecule has 3 aliphatic heterocycles. The van der Waals surface area contributed by atoms with Gasteiger partial charge in [0.25, 0.3) is 0 Å². The summed E-state index contributed by atoms with van der Waals surface area (Å²) in [6, 6.07) is -8.49. The Hall–Kier alpha value is -7.53. The minimum atomic E-state index is -5.40. The Morgan fingerprint density at radius 1 is 0.641 bits per heavy atom. The molecule has 1 aromatic rings. The zero-order valence-corrected chi connectivity index (χ0v) is 62.3. The van der Waals surface area contributed by atoms with Crippen LogP contribution >= 0.6 is 0 Å². The van der Waals surface area contributed by atoms with Crippen molar-refractivity contribution in [3.8, 4) is 0 Å². The molecule has 3 saturated carbocycles. The van der Waals surface area contributed by atoms with Gasteiger partial charge in [0.05, 0.1) is 32.2 Å². The number of hydrogen-bond acceptors (Lipinski definition) is 13. The van der Waals surface area contributed by atoms with E-state index in [-0.39, 0.29) is 62.7 Å². The van der Waals surface area contributed by atoms with Crippen LogP contribution in [0, 0.1) is 35.3 Å². The molecule has 0 unspecified atom stereocenters. The highest BCUT2D eigenvalue weighted by molar-refractivity contribution is 6.01. The number of carbonyl (C=O) groups is 12. The van der Waals surface area contributed by atoms with Crippen molar-refractivity contribution in [1.29, 1.82) is 0 Å². The number of carbonyl (C=O) groups excluding carboxylic acids is 12. The summed E-state index contributed by atoms with van der Waals surface area (Å²) in [4.78, 5) is 191. The van der Waals surface area contributed by atoms with Gasteiger partial charge in [-0.1, -0.05) is 91.9 Å². The number of alkyl halides is 3. The highest BCUT2D eigenvalue weighted by atomic mass is 19.4. The molecule has 30 heteroatoms. The van der Waals surface area contributed by atoms with Gasteiger partial charge in [0.2, 0.25) is 70.9 Å². The molecule has 7 rings (SSSR count). The average molecular weight is 1460 g/mol. The maximum absolute atomic E-state index is 15.7. The maximum atomic E-state index is 15.7. The van der Waals surface area contributed by atoms with Crippen LogP contribution in [0.3, 0.4) is 0 Å². The lowest BCUT2D eigenvalue weighted by molar-refractivity contribution is -0.156. The van der Waals surface area contributed by atoms with E-state index in [4.69, 9.17) is 4.74 Å². The van der Waals surface area contributed by atoms with Gasteiger partial charge in [0, 0.05) is 82.0 Å². The molecule has 9 atom stereocenters. The molecule has 12 amide bonds. The first-order valence-electron chi connectivity index (χ1n) is 37.0. The Morgan fingerprint density at radius 2 is 1.22 bits per heavy atom. The molecule has 25 nitrogen and oxygen atoms in total. The van der Waals surface area contributed by atoms with Crippen molar-refractivity contribution in [2.24, 2.45) is 23.7 Å². The highest BCUT2D eigenvalue weighted by Crippen LogP contribution is 2.39. The SMILES string of the molecule is CCO[C@@H]1C[C@H]2C(=O)NC3(CCCC3)C(=O)N(C)[C@@H](C3CCCC3)C(=O)N(C)[C@H](C(=O)N3CCCC3)CC(=O)N(C)[C@@H](CC(C)C)C(=O)N[C@@H]([C@@H](C)CC)C(=O)N(C)CC(=O)N(C)CC(=O)N(C)[C@@H](CC3CCCCC3)C(=O)N(C)CC(=O)N[C@@H](CCc3cc(F)c(C(F)(F)F)c(F)c3)C(=O)N2C1. The van der Waals surface area contributed by atoms with Crippen molar-refractivity contribution in [3.63, 3.8) is 0 Å². The van der Waals surface area contributed by atoms with Crippen LogP contribution in [0.4, 0.5) is 22.0 Å². The lowest BCUT2D eigenvalue weighted by Crippen LogP contribution is -2.65. The number of likely N-dealkylation sites (tertiary alicyclic amines) is 1. The fourth-order valence-corrected chi connectivity index (χ4v) is 15.9. The second kappa shape index (κ2) is 36.5. The number of ether oxygens (including phenoxy) is 1. The lowest BCUT2D eigenvalue weighted by atomic mass is 9.84. The van der Waals surface area contributed by atoms with Crippen LogP contribution in [0.5, 0.6) is 0 Å². The van der Waals surface area contributed by atoms with Gasteiger partial charge in [0.1, 0.15) is 65.0 Å². The predicted molar refractivity (Wildman–Crippen MR) is 370 cm³/mol. The molecule has 0 aromatic heterocycles. The van der Waals surface area contributed by atoms with Crippen molar-refractivity contribution in [3.05, 3.63) is 34.9 Å². The second-order valence-corrected chi connectivity index (χ2v) is 30.2. The Labute approximate surface area is 602 Å². The molecule has 0 radical (unpaired) electrons. The largest absolute Gasteiger partial charge is 0.422 e. The molecule has 576 valence electrons. The standard InChI is InChI=1S/C73H111F5N12O13/c1-13-45(5)62-69(100)84(8)42-59(93)82(6)43-60(94)86(10)55(37-46-24-16-15-17-25-46)67(98)83(7)41-57(91)79-52(29-28-47-35-50(74)61(51(75)36-47)73(76,77)78)66(97)90-40-49(103-14-2)38-54(90)65(96)81-72(30-20-21-31-72)71(102)88(12)63(48-26-18-19-27-48)70(101)87(11)56(68(99)89-32-22-23-33-89)39-58(92)85(9)53(34-44(3)4)64(95)80-62/h35-36,44-46,48-49,52-56,62-63H,13-34,37-43H2,1-12H3,(H,79,91)(H,80,95)(H,81,96)/t45-,49+,52-,53-,54-,55-,56-,62-,63-/m0/s1. The molecule has 1 spiro atoms. The van der Waals surface area contributed by atoms with Crippen molar-refractivity contribution in [1.82, 2.24) is 60.0 Å². The van der Waals surface area contributed by atoms with E-state index in [1.54, 1.807) is 18.7 Å². The van der Waals surface area contributed by atoms with Gasteiger partial charge in [0.15, 0.2) is 0 Å². The first kappa shape index (κ1) is 82.8. The number of fused-ring (bicyclic) bond motifs is 1. The van der Waals surface area contributed by atoms with E-state index in [0.29, 0.717) is 83.0 Å². The molecule has 1 aromatic carbocycles. The molecule has 3 aliphatic carbocycles. The topological polar surface area (TPSA) is 279 Å². The number of rotatable bonds is 13. The Kier molecular flexibility index (Phi) is 29.3. The van der Waals surface area contributed by atoms with Crippen molar-refractivity contribution >= 4 is 70.9 Å². The van der Waals surface area contributed by atoms with Gasteiger partial charge in [-0.3, -0.25) is 57.5 Å². The van der Waals surface area contributed by atoms with E-state index in [9.17, 15) is 46.7 Å². The van der Waals surface area contributed by atoms with Crippen LogP contribution in [-0.4, -0.2) is 264 Å². The van der Waals surface area contributed by atoms with Crippen molar-refractivity contribution in [2.45, 2.75) is 236 Å². The first-order valence-corrected chi connectivity index (χ1v) is 37.0. The van der Waals surface area contributed by atoms with Crippen LogP contribution < -0.4 is 16.0 Å². The second-order valence-electron chi connectivity index (χ2n) is 30.2. The average Bonchev–Trinajstić information content (AvgIpc) is 1.72. The summed E-state index contributed by atoms with van der Waals surface area (Å²) in [5.74, 6) is -13.6. The lowest BCUT2D eigenvalue weighted by Gasteiger charge is -2.42. The summed E-state index contributed by atoms with van der Waals surface area (Å²) < 4.78 is 77.8. The first-order chi connectivity index (χ1) is 48.5. The highest BCUT2D eigenvalue weighted by Gasteiger charge is 2.53. The van der Waals surface area contributed by atoms with Crippen LogP contribution in [0.2, 0.25) is 0 Å². The summed E-state index contributed by atoms with van der Waals surface area (Å²) in [5.41, 5.74) is -4.13. The maximum Gasteiger partial charge on any atom is 0.422 e. The molecule has 0 bridgehead atoms. The fourth-order valence-electron chi connectivity index (χ4n) is 15.9. The molecule has 3 heterocycles. The van der Waals surface area contributed by atoms with Gasteiger partial charge in [-0.05, 0) is 112 Å². The predicted octanol–water partition coefficient (Wildman–Crippen LogP) is 5.28. The molecular formula is C73H111F5N12O13. The molecule has 103 heavy (non-hydrogen) atoms. The van der Waals surface area contributed by atoms with Crippen LogP contribution in [-0.2, 0) is 74.9 Å². The van der Waals surface area contributed by atoms with Crippen molar-refractivity contribution < 1.29 is 84.2 Å².